The summed E-state index contributed by atoms with van der Waals surface area (Å²) in [5.74, 6) is 0.509. The number of hydrogen-bond donors (Lipinski definition) is 4. The Morgan fingerprint density at radius 3 is 2.95 bits per heavy atom. The highest BCUT2D eigenvalue weighted by molar-refractivity contribution is 8.00. The van der Waals surface area contributed by atoms with Crippen LogP contribution in [0.1, 0.15) is 6.42 Å². The van der Waals surface area contributed by atoms with Crippen molar-refractivity contribution in [1.29, 1.82) is 0 Å². The molecular weight excluding hydrogens is 307 g/mol. The van der Waals surface area contributed by atoms with Crippen LogP contribution >= 0.6 is 19.6 Å². The van der Waals surface area contributed by atoms with Gasteiger partial charge in [0.25, 0.3) is 0 Å². The van der Waals surface area contributed by atoms with Crippen molar-refractivity contribution in [3.8, 4) is 0 Å². The van der Waals surface area contributed by atoms with Gasteiger partial charge in [-0.05, 0) is 0 Å². The van der Waals surface area contributed by atoms with Gasteiger partial charge in [0.05, 0.1) is 23.3 Å². The first-order valence-electron chi connectivity index (χ1n) is 5.65. The molecule has 2 aliphatic rings. The second-order valence-corrected chi connectivity index (χ2v) is 6.92. The molecule has 2 aliphatic heterocycles. The van der Waals surface area contributed by atoms with Crippen LogP contribution in [0.25, 0.3) is 0 Å². The Balaban J connectivity index is 1.95. The topological polar surface area (TPSA) is 141 Å². The lowest BCUT2D eigenvalue weighted by Crippen LogP contribution is -2.33. The van der Waals surface area contributed by atoms with Crippen molar-refractivity contribution in [2.24, 2.45) is 15.7 Å². The largest absolute Gasteiger partial charge is 0.469 e. The van der Waals surface area contributed by atoms with Gasteiger partial charge in [-0.15, -0.1) is 11.8 Å². The van der Waals surface area contributed by atoms with Crippen molar-refractivity contribution in [1.82, 2.24) is 4.90 Å². The monoisotopic (exact) mass is 322 g/mol. The molecule has 9 nitrogen and oxygen atoms in total. The number of phosphoric ester groups is 1. The molecular formula is C9H15N4O5PS. The van der Waals surface area contributed by atoms with Crippen LogP contribution in [0.5, 0.6) is 0 Å². The van der Waals surface area contributed by atoms with Crippen molar-refractivity contribution < 1.29 is 24.0 Å². The van der Waals surface area contributed by atoms with Gasteiger partial charge in [0.1, 0.15) is 12.2 Å². The van der Waals surface area contributed by atoms with Gasteiger partial charge in [-0.2, -0.15) is 4.99 Å². The molecule has 0 aliphatic carbocycles. The molecule has 2 heterocycles. The molecule has 0 bridgehead atoms. The van der Waals surface area contributed by atoms with Crippen molar-refractivity contribution in [3.63, 3.8) is 0 Å². The third-order valence-electron chi connectivity index (χ3n) is 2.78. The zero-order valence-electron chi connectivity index (χ0n) is 10.4. The minimum Gasteiger partial charge on any atom is -0.392 e. The zero-order valence-corrected chi connectivity index (χ0v) is 12.1. The van der Waals surface area contributed by atoms with E-state index in [1.807, 2.05) is 0 Å². The quantitative estimate of drug-likeness (QED) is 0.504. The summed E-state index contributed by atoms with van der Waals surface area (Å²) in [6.07, 6.45) is 1.10. The van der Waals surface area contributed by atoms with E-state index >= 15 is 0 Å². The summed E-state index contributed by atoms with van der Waals surface area (Å²) in [7, 11) is -4.54. The fourth-order valence-electron chi connectivity index (χ4n) is 1.85. The maximum atomic E-state index is 10.7. The number of aliphatic hydroxyl groups is 1. The summed E-state index contributed by atoms with van der Waals surface area (Å²) in [6, 6.07) is 0. The average Bonchev–Trinajstić information content (AvgIpc) is 2.67. The van der Waals surface area contributed by atoms with Crippen molar-refractivity contribution in [2.45, 2.75) is 23.1 Å². The molecule has 0 saturated carbocycles. The second kappa shape index (κ2) is 5.84. The molecule has 112 valence electrons. The molecule has 2 rings (SSSR count). The van der Waals surface area contributed by atoms with E-state index in [1.54, 1.807) is 4.90 Å². The van der Waals surface area contributed by atoms with Gasteiger partial charge < -0.3 is 25.5 Å². The smallest absolute Gasteiger partial charge is 0.392 e. The molecule has 0 radical (unpaired) electrons. The summed E-state index contributed by atoms with van der Waals surface area (Å²) in [6.45, 7) is 3.50. The first-order valence-corrected chi connectivity index (χ1v) is 8.13. The van der Waals surface area contributed by atoms with Gasteiger partial charge in [0, 0.05) is 6.42 Å². The normalized spacial score (nSPS) is 30.8. The third kappa shape index (κ3) is 3.81. The van der Waals surface area contributed by atoms with Gasteiger partial charge in [-0.3, -0.25) is 4.52 Å². The highest BCUT2D eigenvalue weighted by atomic mass is 32.2. The first-order chi connectivity index (χ1) is 9.26. The van der Waals surface area contributed by atoms with E-state index in [4.69, 9.17) is 15.5 Å². The molecule has 0 aromatic carbocycles. The van der Waals surface area contributed by atoms with E-state index in [2.05, 4.69) is 21.1 Å². The number of nitrogens with two attached hydrogens (primary N) is 1. The molecule has 3 atom stereocenters. The lowest BCUT2D eigenvalue weighted by molar-refractivity contribution is 0.127. The van der Waals surface area contributed by atoms with E-state index in [9.17, 15) is 9.67 Å². The summed E-state index contributed by atoms with van der Waals surface area (Å²) < 4.78 is 15.1. The number of aliphatic hydroxyl groups excluding tert-OH is 1. The molecule has 11 heteroatoms. The number of aliphatic imine (C=N–C) groups is 2. The SMILES string of the molecule is C=C1N=C(N)N=CN1[C@H]1C[C@@H](O)[C@@H](COP(=O)(O)O)S1. The van der Waals surface area contributed by atoms with Gasteiger partial charge in [-0.25, -0.2) is 9.56 Å². The maximum Gasteiger partial charge on any atom is 0.469 e. The number of guanidine groups is 1. The standard InChI is InChI=1S/C9H15N4O5PS/c1-5-12-9(10)11-4-13(5)8-2-6(14)7(20-8)3-18-19(15,16)17/h4,6-8,14H,1-3H2,(H2,10,12)(H2,15,16,17)/t6-,7-,8-/m1/s1. The lowest BCUT2D eigenvalue weighted by Gasteiger charge is -2.27. The van der Waals surface area contributed by atoms with Crippen molar-refractivity contribution >= 4 is 31.9 Å². The summed E-state index contributed by atoms with van der Waals surface area (Å²) in [4.78, 5) is 26.8. The Morgan fingerprint density at radius 1 is 1.65 bits per heavy atom. The fourth-order valence-corrected chi connectivity index (χ4v) is 3.77. The van der Waals surface area contributed by atoms with Crippen molar-refractivity contribution in [2.75, 3.05) is 6.61 Å². The van der Waals surface area contributed by atoms with Gasteiger partial charge in [-0.1, -0.05) is 6.58 Å². The number of nitrogens with zero attached hydrogens (tertiary/aromatic N) is 3. The molecule has 20 heavy (non-hydrogen) atoms. The zero-order chi connectivity index (χ0) is 14.9. The number of hydrogen-bond acceptors (Lipinski definition) is 8. The van der Waals surface area contributed by atoms with E-state index in [0.29, 0.717) is 12.2 Å². The van der Waals surface area contributed by atoms with E-state index in [1.165, 1.54) is 18.1 Å². The van der Waals surface area contributed by atoms with Crippen LogP contribution < -0.4 is 5.73 Å². The minimum absolute atomic E-state index is 0.108. The second-order valence-electron chi connectivity index (χ2n) is 4.26. The third-order valence-corrected chi connectivity index (χ3v) is 4.80. The number of thioether (sulfide) groups is 1. The van der Waals surface area contributed by atoms with Crippen LogP contribution in [0.3, 0.4) is 0 Å². The summed E-state index contributed by atoms with van der Waals surface area (Å²) in [5.41, 5.74) is 5.44. The van der Waals surface area contributed by atoms with Crippen LogP contribution in [0, 0.1) is 0 Å². The molecule has 1 fully saturated rings. The number of rotatable bonds is 4. The Kier molecular flexibility index (Phi) is 4.52. The van der Waals surface area contributed by atoms with Crippen LogP contribution in [0.2, 0.25) is 0 Å². The fraction of sp³-hybridized carbons (Fsp3) is 0.556. The summed E-state index contributed by atoms with van der Waals surface area (Å²) >= 11 is 1.32. The predicted molar refractivity (Wildman–Crippen MR) is 74.9 cm³/mol. The first kappa shape index (κ1) is 15.5. The van der Waals surface area contributed by atoms with E-state index in [0.717, 1.165) is 0 Å². The van der Waals surface area contributed by atoms with Crippen LogP contribution in [-0.4, -0.2) is 55.4 Å². The molecule has 0 aromatic heterocycles. The van der Waals surface area contributed by atoms with Gasteiger partial charge >= 0.3 is 7.82 Å². The summed E-state index contributed by atoms with van der Waals surface area (Å²) in [5, 5.41) is 9.27. The molecule has 0 unspecified atom stereocenters. The molecule has 1 saturated heterocycles. The highest BCUT2D eigenvalue weighted by Crippen LogP contribution is 2.42. The molecule has 0 amide bonds. The Labute approximate surface area is 119 Å². The van der Waals surface area contributed by atoms with E-state index < -0.39 is 19.2 Å². The molecule has 0 aromatic rings. The Hall–Kier alpha value is -0.900. The average molecular weight is 322 g/mol. The Morgan fingerprint density at radius 2 is 2.35 bits per heavy atom. The minimum atomic E-state index is -4.54. The van der Waals surface area contributed by atoms with Crippen LogP contribution in [0.15, 0.2) is 22.4 Å². The van der Waals surface area contributed by atoms with Gasteiger partial charge in [0.2, 0.25) is 5.96 Å². The predicted octanol–water partition coefficient (Wildman–Crippen LogP) is -0.582. The van der Waals surface area contributed by atoms with Gasteiger partial charge in [0.15, 0.2) is 0 Å². The van der Waals surface area contributed by atoms with E-state index in [-0.39, 0.29) is 17.9 Å². The molecule has 0 spiro atoms. The maximum absolute atomic E-state index is 10.7. The van der Waals surface area contributed by atoms with Crippen LogP contribution in [-0.2, 0) is 9.09 Å². The lowest BCUT2D eigenvalue weighted by atomic mass is 10.2. The highest BCUT2D eigenvalue weighted by Gasteiger charge is 2.38. The van der Waals surface area contributed by atoms with Crippen LogP contribution in [0.4, 0.5) is 0 Å². The number of phosphoric acid groups is 1. The van der Waals surface area contributed by atoms with Crippen molar-refractivity contribution in [3.05, 3.63) is 12.4 Å². The Bertz CT molecular complexity index is 507. The molecule has 5 N–H and O–H groups in total.